The van der Waals surface area contributed by atoms with E-state index in [-0.39, 0.29) is 36.2 Å². The number of carbonyl (C=O) groups is 3. The number of ether oxygens (including phenoxy) is 1. The molecule has 0 radical (unpaired) electrons. The molecular weight excluding hydrogens is 432 g/mol. The molecule has 1 saturated carbocycles. The lowest BCUT2D eigenvalue weighted by molar-refractivity contribution is -0.144. The average molecular weight is 465 g/mol. The normalized spacial score (nSPS) is 20.1. The van der Waals surface area contributed by atoms with Crippen LogP contribution in [0, 0.1) is 23.7 Å². The summed E-state index contributed by atoms with van der Waals surface area (Å²) in [4.78, 5) is 36.3. The first-order chi connectivity index (χ1) is 16.3. The second-order valence-electron chi connectivity index (χ2n) is 9.71. The molecule has 2 unspecified atom stereocenters. The van der Waals surface area contributed by atoms with Crippen LogP contribution >= 0.6 is 0 Å². The lowest BCUT2D eigenvalue weighted by Gasteiger charge is -2.24. The van der Waals surface area contributed by atoms with Crippen molar-refractivity contribution >= 4 is 18.0 Å². The molecule has 3 N–H and O–H groups in total. The molecule has 180 valence electrons. The van der Waals surface area contributed by atoms with E-state index in [0.717, 1.165) is 11.1 Å². The summed E-state index contributed by atoms with van der Waals surface area (Å²) in [5, 5.41) is 15.0. The Morgan fingerprint density at radius 3 is 2.15 bits per heavy atom. The van der Waals surface area contributed by atoms with Crippen molar-refractivity contribution in [3.8, 4) is 11.1 Å². The van der Waals surface area contributed by atoms with Gasteiger partial charge in [0.15, 0.2) is 0 Å². The number of hydrogen-bond acceptors (Lipinski definition) is 4. The van der Waals surface area contributed by atoms with Crippen LogP contribution in [0.3, 0.4) is 0 Å². The fraction of sp³-hybridized carbons (Fsp3) is 0.444. The molecule has 0 aliphatic heterocycles. The minimum atomic E-state index is -0.910. The van der Waals surface area contributed by atoms with Crippen molar-refractivity contribution in [1.82, 2.24) is 10.6 Å². The summed E-state index contributed by atoms with van der Waals surface area (Å²) in [5.41, 5.74) is 4.67. The van der Waals surface area contributed by atoms with Crippen molar-refractivity contribution in [3.63, 3.8) is 0 Å². The van der Waals surface area contributed by atoms with Crippen LogP contribution in [-0.4, -0.2) is 42.3 Å². The first-order valence-corrected chi connectivity index (χ1v) is 11.9. The van der Waals surface area contributed by atoms with Gasteiger partial charge in [-0.05, 0) is 47.4 Å². The zero-order valence-electron chi connectivity index (χ0n) is 19.8. The highest BCUT2D eigenvalue weighted by molar-refractivity contribution is 5.83. The number of hydrogen-bond donors (Lipinski definition) is 3. The van der Waals surface area contributed by atoms with E-state index in [2.05, 4.69) is 34.9 Å². The fourth-order valence-corrected chi connectivity index (χ4v) is 5.16. The summed E-state index contributed by atoms with van der Waals surface area (Å²) in [6, 6.07) is 15.9. The van der Waals surface area contributed by atoms with Gasteiger partial charge in [0.2, 0.25) is 5.91 Å². The van der Waals surface area contributed by atoms with E-state index in [1.54, 1.807) is 6.92 Å². The first-order valence-electron chi connectivity index (χ1n) is 11.9. The van der Waals surface area contributed by atoms with Gasteiger partial charge in [-0.2, -0.15) is 0 Å². The summed E-state index contributed by atoms with van der Waals surface area (Å²) in [6.45, 7) is 6.00. The van der Waals surface area contributed by atoms with Crippen LogP contribution in [0.15, 0.2) is 48.5 Å². The van der Waals surface area contributed by atoms with Crippen molar-refractivity contribution < 1.29 is 24.2 Å². The average Bonchev–Trinajstić information content (AvgIpc) is 3.51. The van der Waals surface area contributed by atoms with E-state index in [1.807, 2.05) is 38.1 Å². The molecule has 2 aliphatic rings. The third-order valence-corrected chi connectivity index (χ3v) is 7.02. The molecule has 0 aromatic heterocycles. The van der Waals surface area contributed by atoms with Gasteiger partial charge in [0, 0.05) is 24.4 Å². The molecule has 2 amide bonds. The maximum Gasteiger partial charge on any atom is 0.407 e. The molecule has 7 heteroatoms. The summed E-state index contributed by atoms with van der Waals surface area (Å²) in [7, 11) is 0. The van der Waals surface area contributed by atoms with E-state index in [0.29, 0.717) is 13.0 Å². The third kappa shape index (κ3) is 4.93. The molecule has 1 fully saturated rings. The lowest BCUT2D eigenvalue weighted by atomic mass is 9.89. The smallest absolute Gasteiger partial charge is 0.407 e. The second kappa shape index (κ2) is 9.87. The number of nitrogens with one attached hydrogen (secondary N) is 2. The van der Waals surface area contributed by atoms with Crippen LogP contribution in [0.25, 0.3) is 11.1 Å². The Hall–Kier alpha value is -3.35. The van der Waals surface area contributed by atoms with Gasteiger partial charge in [-0.3, -0.25) is 9.59 Å². The molecule has 0 heterocycles. The number of carboxylic acids is 1. The van der Waals surface area contributed by atoms with Gasteiger partial charge in [-0.25, -0.2) is 4.79 Å². The molecule has 0 saturated heterocycles. The van der Waals surface area contributed by atoms with Gasteiger partial charge in [-0.15, -0.1) is 0 Å². The SMILES string of the molecule is CC(C)C(C(=O)O)C(C)NC(=O)[C@H]1C[C@H]1CNC(=O)OCC1c2ccccc2-c2ccccc21. The van der Waals surface area contributed by atoms with Crippen molar-refractivity contribution in [2.24, 2.45) is 23.7 Å². The molecule has 2 aromatic carbocycles. The highest BCUT2D eigenvalue weighted by Gasteiger charge is 2.44. The number of carbonyl (C=O) groups excluding carboxylic acids is 2. The van der Waals surface area contributed by atoms with Crippen molar-refractivity contribution in [2.45, 2.75) is 39.2 Å². The molecular formula is C27H32N2O5. The zero-order valence-corrected chi connectivity index (χ0v) is 19.8. The van der Waals surface area contributed by atoms with Gasteiger partial charge in [0.25, 0.3) is 0 Å². The van der Waals surface area contributed by atoms with Crippen LogP contribution in [0.5, 0.6) is 0 Å². The Bertz CT molecular complexity index is 1040. The largest absolute Gasteiger partial charge is 0.481 e. The predicted molar refractivity (Wildman–Crippen MR) is 128 cm³/mol. The number of amides is 2. The maximum atomic E-state index is 12.5. The van der Waals surface area contributed by atoms with Crippen molar-refractivity contribution in [2.75, 3.05) is 13.2 Å². The van der Waals surface area contributed by atoms with E-state index >= 15 is 0 Å². The highest BCUT2D eigenvalue weighted by Crippen LogP contribution is 2.44. The minimum Gasteiger partial charge on any atom is -0.481 e. The monoisotopic (exact) mass is 464 g/mol. The lowest BCUT2D eigenvalue weighted by Crippen LogP contribution is -2.44. The number of aliphatic carboxylic acids is 1. The van der Waals surface area contributed by atoms with Crippen molar-refractivity contribution in [1.29, 1.82) is 0 Å². The van der Waals surface area contributed by atoms with Crippen LogP contribution in [0.4, 0.5) is 4.79 Å². The number of alkyl carbamates (subject to hydrolysis) is 1. The van der Waals surface area contributed by atoms with E-state index in [1.165, 1.54) is 11.1 Å². The third-order valence-electron chi connectivity index (χ3n) is 7.02. The Labute approximate surface area is 199 Å². The predicted octanol–water partition coefficient (Wildman–Crippen LogP) is 4.02. The van der Waals surface area contributed by atoms with Crippen LogP contribution in [0.2, 0.25) is 0 Å². The quantitative estimate of drug-likeness (QED) is 0.520. The van der Waals surface area contributed by atoms with Crippen molar-refractivity contribution in [3.05, 3.63) is 59.7 Å². The molecule has 4 atom stereocenters. The number of fused-ring (bicyclic) bond motifs is 3. The van der Waals surface area contributed by atoms with Gasteiger partial charge in [0.1, 0.15) is 6.61 Å². The molecule has 7 nitrogen and oxygen atoms in total. The Morgan fingerprint density at radius 1 is 1.00 bits per heavy atom. The summed E-state index contributed by atoms with van der Waals surface area (Å²) >= 11 is 0. The Kier molecular flexibility index (Phi) is 6.91. The number of benzene rings is 2. The van der Waals surface area contributed by atoms with Gasteiger partial charge < -0.3 is 20.5 Å². The molecule has 34 heavy (non-hydrogen) atoms. The van der Waals surface area contributed by atoms with Gasteiger partial charge in [-0.1, -0.05) is 62.4 Å². The van der Waals surface area contributed by atoms with Gasteiger partial charge >= 0.3 is 12.1 Å². The molecule has 0 spiro atoms. The molecule has 4 rings (SSSR count). The first kappa shape index (κ1) is 23.8. The van der Waals surface area contributed by atoms with Crippen LogP contribution < -0.4 is 10.6 Å². The van der Waals surface area contributed by atoms with Crippen LogP contribution in [-0.2, 0) is 14.3 Å². The van der Waals surface area contributed by atoms with E-state index in [9.17, 15) is 19.5 Å². The maximum absolute atomic E-state index is 12.5. The standard InChI is InChI=1S/C27H32N2O5/c1-15(2)24(26(31)32)16(3)29-25(30)22-12-17(22)13-28-27(33)34-14-23-20-10-6-4-8-18(20)19-9-5-7-11-21(19)23/h4-11,15-17,22-24H,12-14H2,1-3H3,(H,28,33)(H,29,30)(H,31,32)/t16?,17-,22-,24?/m0/s1. The fourth-order valence-electron chi connectivity index (χ4n) is 5.16. The molecule has 0 bridgehead atoms. The number of carboxylic acid groups (broad SMARTS) is 1. The molecule has 2 aliphatic carbocycles. The number of rotatable bonds is 9. The Balaban J connectivity index is 1.24. The summed E-state index contributed by atoms with van der Waals surface area (Å²) in [6.07, 6.45) is 0.175. The zero-order chi connectivity index (χ0) is 24.4. The van der Waals surface area contributed by atoms with E-state index < -0.39 is 24.0 Å². The second-order valence-corrected chi connectivity index (χ2v) is 9.71. The summed E-state index contributed by atoms with van der Waals surface area (Å²) < 4.78 is 5.55. The minimum absolute atomic E-state index is 0.00206. The van der Waals surface area contributed by atoms with E-state index in [4.69, 9.17) is 4.74 Å². The topological polar surface area (TPSA) is 105 Å². The summed E-state index contributed by atoms with van der Waals surface area (Å²) in [5.74, 6) is -1.96. The highest BCUT2D eigenvalue weighted by atomic mass is 16.5. The van der Waals surface area contributed by atoms with Crippen LogP contribution in [0.1, 0.15) is 44.2 Å². The Morgan fingerprint density at radius 2 is 1.59 bits per heavy atom. The van der Waals surface area contributed by atoms with Gasteiger partial charge in [0.05, 0.1) is 5.92 Å². The molecule has 2 aromatic rings.